The van der Waals surface area contributed by atoms with Crippen molar-refractivity contribution in [2.75, 3.05) is 7.11 Å². The van der Waals surface area contributed by atoms with Gasteiger partial charge in [0.05, 0.1) is 25.4 Å². The van der Waals surface area contributed by atoms with Crippen LogP contribution in [0.25, 0.3) is 5.69 Å². The quantitative estimate of drug-likeness (QED) is 0.458. The third-order valence-corrected chi connectivity index (χ3v) is 6.01. The van der Waals surface area contributed by atoms with Gasteiger partial charge in [-0.15, -0.1) is 0 Å². The van der Waals surface area contributed by atoms with Crippen LogP contribution in [0.3, 0.4) is 0 Å². The minimum atomic E-state index is -0.300. The lowest BCUT2D eigenvalue weighted by Crippen LogP contribution is -2.41. The molecule has 0 saturated carbocycles. The molecule has 0 aliphatic carbocycles. The molecule has 0 fully saturated rings. The zero-order valence-corrected chi connectivity index (χ0v) is 18.2. The molecular weight excluding hydrogens is 417 g/mol. The first-order valence-corrected chi connectivity index (χ1v) is 10.8. The van der Waals surface area contributed by atoms with Crippen molar-refractivity contribution in [1.29, 1.82) is 0 Å². The third-order valence-electron chi connectivity index (χ3n) is 6.01. The van der Waals surface area contributed by atoms with Crippen LogP contribution < -0.4 is 10.1 Å². The number of carbonyl (C=O) groups excluding carboxylic acids is 1. The number of hydrogen-bond donors (Lipinski definition) is 1. The van der Waals surface area contributed by atoms with Crippen LogP contribution in [-0.2, 0) is 13.1 Å². The number of nitrogens with zero attached hydrogens (tertiary/aromatic N) is 2. The van der Waals surface area contributed by atoms with Gasteiger partial charge in [0.25, 0.3) is 0 Å². The number of aromatic nitrogens is 1. The Bertz CT molecular complexity index is 1270. The van der Waals surface area contributed by atoms with E-state index >= 15 is 0 Å². The van der Waals surface area contributed by atoms with E-state index in [0.29, 0.717) is 13.1 Å². The van der Waals surface area contributed by atoms with E-state index in [1.807, 2.05) is 53.6 Å². The summed E-state index contributed by atoms with van der Waals surface area (Å²) in [6, 6.07) is 25.7. The van der Waals surface area contributed by atoms with Crippen molar-refractivity contribution in [3.63, 3.8) is 0 Å². The van der Waals surface area contributed by atoms with Crippen LogP contribution in [0.1, 0.15) is 28.4 Å². The maximum absolute atomic E-state index is 13.5. The monoisotopic (exact) mass is 441 g/mol. The number of nitrogens with one attached hydrogen (secondary N) is 1. The summed E-state index contributed by atoms with van der Waals surface area (Å²) in [6.45, 7) is 0.761. The van der Waals surface area contributed by atoms with Crippen LogP contribution in [0.2, 0.25) is 0 Å². The van der Waals surface area contributed by atoms with Crippen molar-refractivity contribution in [2.24, 2.45) is 0 Å². The highest BCUT2D eigenvalue weighted by Gasteiger charge is 2.32. The number of fused-ring (bicyclic) bond motifs is 3. The lowest BCUT2D eigenvalue weighted by Gasteiger charge is -2.31. The van der Waals surface area contributed by atoms with Crippen LogP contribution in [0.4, 0.5) is 9.18 Å². The topological polar surface area (TPSA) is 46.5 Å². The van der Waals surface area contributed by atoms with Crippen LogP contribution in [0, 0.1) is 5.82 Å². The second-order valence-electron chi connectivity index (χ2n) is 8.02. The highest BCUT2D eigenvalue weighted by molar-refractivity contribution is 5.76. The molecule has 3 aromatic carbocycles. The molecule has 4 aromatic rings. The highest BCUT2D eigenvalue weighted by Crippen LogP contribution is 2.37. The standard InChI is InChI=1S/C27H24FN3O2/c1-33-23-14-10-20(11-15-23)26-25-7-4-16-30(25)24-6-3-2-5-21(24)18-31(26)27(32)29-17-19-8-12-22(28)13-9-19/h2-16,26H,17-18H2,1H3,(H,29,32)/t26-/m0/s1. The summed E-state index contributed by atoms with van der Waals surface area (Å²) in [5.74, 6) is 0.466. The number of methoxy groups -OCH3 is 1. The SMILES string of the molecule is COc1ccc([C@H]2c3cccn3-c3ccccc3CN2C(=O)NCc2ccc(F)cc2)cc1. The van der Waals surface area contributed by atoms with E-state index in [1.54, 1.807) is 19.2 Å². The molecule has 0 bridgehead atoms. The van der Waals surface area contributed by atoms with Crippen molar-refractivity contribution in [1.82, 2.24) is 14.8 Å². The fraction of sp³-hybridized carbons (Fsp3) is 0.148. The van der Waals surface area contributed by atoms with Gasteiger partial charge in [0.2, 0.25) is 0 Å². The Kier molecular flexibility index (Phi) is 5.57. The number of carbonyl (C=O) groups is 1. The Labute approximate surface area is 192 Å². The first-order chi connectivity index (χ1) is 16.1. The number of amides is 2. The minimum Gasteiger partial charge on any atom is -0.497 e. The van der Waals surface area contributed by atoms with Gasteiger partial charge >= 0.3 is 6.03 Å². The van der Waals surface area contributed by atoms with Crippen LogP contribution in [0.15, 0.2) is 91.1 Å². The average Bonchev–Trinajstić information content (AvgIpc) is 3.28. The zero-order chi connectivity index (χ0) is 22.8. The normalized spacial score (nSPS) is 14.7. The summed E-state index contributed by atoms with van der Waals surface area (Å²) in [7, 11) is 1.64. The average molecular weight is 442 g/mol. The molecule has 2 amide bonds. The molecule has 1 atom stereocenters. The summed E-state index contributed by atoms with van der Waals surface area (Å²) >= 11 is 0. The van der Waals surface area contributed by atoms with Gasteiger partial charge in [0.1, 0.15) is 11.6 Å². The van der Waals surface area contributed by atoms with Crippen molar-refractivity contribution in [3.8, 4) is 11.4 Å². The van der Waals surface area contributed by atoms with Gasteiger partial charge in [0.15, 0.2) is 0 Å². The Morgan fingerprint density at radius 3 is 2.52 bits per heavy atom. The fourth-order valence-corrected chi connectivity index (χ4v) is 4.36. The molecule has 0 saturated heterocycles. The molecule has 1 aromatic heterocycles. The number of benzene rings is 3. The molecule has 33 heavy (non-hydrogen) atoms. The Hall–Kier alpha value is -4.06. The molecule has 5 rings (SSSR count). The van der Waals surface area contributed by atoms with Crippen molar-refractivity contribution in [3.05, 3.63) is 119 Å². The molecule has 1 aliphatic rings. The van der Waals surface area contributed by atoms with Gasteiger partial charge in [-0.1, -0.05) is 42.5 Å². The molecule has 0 radical (unpaired) electrons. The lowest BCUT2D eigenvalue weighted by atomic mass is 10.0. The molecule has 166 valence electrons. The maximum Gasteiger partial charge on any atom is 0.318 e. The van der Waals surface area contributed by atoms with Crippen LogP contribution in [-0.4, -0.2) is 22.6 Å². The number of rotatable bonds is 4. The number of para-hydroxylation sites is 1. The summed E-state index contributed by atoms with van der Waals surface area (Å²) < 4.78 is 20.7. The smallest absolute Gasteiger partial charge is 0.318 e. The van der Waals surface area contributed by atoms with E-state index in [4.69, 9.17) is 4.74 Å². The van der Waals surface area contributed by atoms with E-state index in [-0.39, 0.29) is 17.9 Å². The maximum atomic E-state index is 13.5. The van der Waals surface area contributed by atoms with Crippen molar-refractivity contribution in [2.45, 2.75) is 19.1 Å². The summed E-state index contributed by atoms with van der Waals surface area (Å²) in [4.78, 5) is 15.4. The number of halogens is 1. The molecule has 0 unspecified atom stereocenters. The van der Waals surface area contributed by atoms with Gasteiger partial charge in [-0.2, -0.15) is 0 Å². The summed E-state index contributed by atoms with van der Waals surface area (Å²) in [5.41, 5.74) is 4.94. The molecule has 2 heterocycles. The van der Waals surface area contributed by atoms with Crippen molar-refractivity contribution >= 4 is 6.03 Å². The molecule has 5 nitrogen and oxygen atoms in total. The number of urea groups is 1. The third kappa shape index (κ3) is 4.07. The molecule has 1 aliphatic heterocycles. The van der Waals surface area contributed by atoms with Gasteiger partial charge in [-0.3, -0.25) is 0 Å². The predicted molar refractivity (Wildman–Crippen MR) is 125 cm³/mol. The van der Waals surface area contributed by atoms with Crippen molar-refractivity contribution < 1.29 is 13.9 Å². The second-order valence-corrected chi connectivity index (χ2v) is 8.02. The minimum absolute atomic E-state index is 0.190. The van der Waals surface area contributed by atoms with E-state index in [9.17, 15) is 9.18 Å². The van der Waals surface area contributed by atoms with E-state index in [1.165, 1.54) is 12.1 Å². The van der Waals surface area contributed by atoms with Crippen LogP contribution >= 0.6 is 0 Å². The van der Waals surface area contributed by atoms with Crippen LogP contribution in [0.5, 0.6) is 5.75 Å². The van der Waals surface area contributed by atoms with Gasteiger partial charge in [-0.05, 0) is 59.2 Å². The first kappa shape index (κ1) is 20.8. The zero-order valence-electron chi connectivity index (χ0n) is 18.2. The number of ether oxygens (including phenoxy) is 1. The van der Waals surface area contributed by atoms with E-state index in [0.717, 1.165) is 33.8 Å². The Morgan fingerprint density at radius 1 is 1.00 bits per heavy atom. The second kappa shape index (κ2) is 8.82. The highest BCUT2D eigenvalue weighted by atomic mass is 19.1. The van der Waals surface area contributed by atoms with Gasteiger partial charge in [0, 0.05) is 18.4 Å². The number of hydrogen-bond acceptors (Lipinski definition) is 2. The summed E-state index contributed by atoms with van der Waals surface area (Å²) in [5, 5.41) is 3.02. The van der Waals surface area contributed by atoms with Gasteiger partial charge in [-0.25, -0.2) is 9.18 Å². The Balaban J connectivity index is 1.54. The largest absolute Gasteiger partial charge is 0.497 e. The fourth-order valence-electron chi connectivity index (χ4n) is 4.36. The molecule has 6 heteroatoms. The summed E-state index contributed by atoms with van der Waals surface area (Å²) in [6.07, 6.45) is 2.03. The lowest BCUT2D eigenvalue weighted by molar-refractivity contribution is 0.180. The molecular formula is C27H24FN3O2. The molecule has 0 spiro atoms. The Morgan fingerprint density at radius 2 is 1.76 bits per heavy atom. The predicted octanol–water partition coefficient (Wildman–Crippen LogP) is 5.44. The molecule has 1 N–H and O–H groups in total. The first-order valence-electron chi connectivity index (χ1n) is 10.8. The van der Waals surface area contributed by atoms with E-state index < -0.39 is 0 Å². The van der Waals surface area contributed by atoms with Gasteiger partial charge < -0.3 is 19.5 Å². The van der Waals surface area contributed by atoms with E-state index in [2.05, 4.69) is 28.1 Å².